The van der Waals surface area contributed by atoms with Crippen molar-refractivity contribution < 1.29 is 9.18 Å². The summed E-state index contributed by atoms with van der Waals surface area (Å²) < 4.78 is 14.0. The molecule has 0 saturated heterocycles. The van der Waals surface area contributed by atoms with Gasteiger partial charge in [0.2, 0.25) is 5.91 Å². The van der Waals surface area contributed by atoms with Gasteiger partial charge < -0.3 is 16.4 Å². The second kappa shape index (κ2) is 9.23. The molecule has 172 valence electrons. The molecule has 7 heteroatoms. The zero-order valence-corrected chi connectivity index (χ0v) is 18.9. The molecular weight excluding hydrogens is 441 g/mol. The fourth-order valence-corrected chi connectivity index (χ4v) is 4.16. The first-order valence-electron chi connectivity index (χ1n) is 11.0. The Labute approximate surface area is 201 Å². The Balaban J connectivity index is 1.65. The minimum absolute atomic E-state index is 0.356. The SMILES string of the molecule is Cc1c(Nc2ccncc2)cccc1-c1c(Nc2ccnc3ccc(F)cc23)cccc1C(N)=O. The highest BCUT2D eigenvalue weighted by Gasteiger charge is 2.18. The van der Waals surface area contributed by atoms with Gasteiger partial charge in [0.1, 0.15) is 5.82 Å². The number of fused-ring (bicyclic) bond motifs is 1. The van der Waals surface area contributed by atoms with Gasteiger partial charge in [-0.3, -0.25) is 14.8 Å². The summed E-state index contributed by atoms with van der Waals surface area (Å²) in [6.45, 7) is 1.98. The first-order valence-corrected chi connectivity index (χ1v) is 11.0. The summed E-state index contributed by atoms with van der Waals surface area (Å²) in [5.74, 6) is -0.897. The van der Waals surface area contributed by atoms with Crippen LogP contribution in [-0.2, 0) is 0 Å². The molecule has 6 nitrogen and oxygen atoms in total. The van der Waals surface area contributed by atoms with Crippen LogP contribution in [0.4, 0.5) is 27.1 Å². The second-order valence-corrected chi connectivity index (χ2v) is 8.08. The Hall–Kier alpha value is -4.78. The Kier molecular flexibility index (Phi) is 5.81. The van der Waals surface area contributed by atoms with Gasteiger partial charge in [0.25, 0.3) is 0 Å². The maximum atomic E-state index is 14.0. The number of primary amides is 1. The molecule has 0 bridgehead atoms. The van der Waals surface area contributed by atoms with Crippen molar-refractivity contribution in [2.75, 3.05) is 10.6 Å². The molecule has 0 atom stereocenters. The summed E-state index contributed by atoms with van der Waals surface area (Å²) in [6.07, 6.45) is 5.09. The molecule has 0 aliphatic carbocycles. The molecule has 5 rings (SSSR count). The normalized spacial score (nSPS) is 10.8. The van der Waals surface area contributed by atoms with Gasteiger partial charge in [0.15, 0.2) is 0 Å². The van der Waals surface area contributed by atoms with Crippen LogP contribution in [0, 0.1) is 12.7 Å². The van der Waals surface area contributed by atoms with Crippen molar-refractivity contribution >= 4 is 39.6 Å². The smallest absolute Gasteiger partial charge is 0.249 e. The van der Waals surface area contributed by atoms with Gasteiger partial charge >= 0.3 is 0 Å². The van der Waals surface area contributed by atoms with Gasteiger partial charge in [-0.15, -0.1) is 0 Å². The first kappa shape index (κ1) is 22.0. The highest BCUT2D eigenvalue weighted by molar-refractivity contribution is 6.05. The lowest BCUT2D eigenvalue weighted by Crippen LogP contribution is -2.13. The summed E-state index contributed by atoms with van der Waals surface area (Å²) in [6, 6.07) is 21.2. The molecule has 3 aromatic carbocycles. The number of benzene rings is 3. The minimum atomic E-state index is -0.541. The zero-order valence-electron chi connectivity index (χ0n) is 18.9. The van der Waals surface area contributed by atoms with Crippen LogP contribution in [0.5, 0.6) is 0 Å². The maximum absolute atomic E-state index is 14.0. The highest BCUT2D eigenvalue weighted by atomic mass is 19.1. The average Bonchev–Trinajstić information content (AvgIpc) is 2.86. The molecule has 0 saturated carbocycles. The van der Waals surface area contributed by atoms with Gasteiger partial charge in [-0.05, 0) is 72.6 Å². The van der Waals surface area contributed by atoms with E-state index in [1.54, 1.807) is 42.9 Å². The molecule has 1 amide bonds. The van der Waals surface area contributed by atoms with Gasteiger partial charge in [-0.2, -0.15) is 0 Å². The van der Waals surface area contributed by atoms with Gasteiger partial charge in [0, 0.05) is 57.9 Å². The first-order chi connectivity index (χ1) is 17.0. The van der Waals surface area contributed by atoms with Crippen molar-refractivity contribution in [3.05, 3.63) is 108 Å². The quantitative estimate of drug-likeness (QED) is 0.274. The number of anilines is 4. The van der Waals surface area contributed by atoms with Crippen LogP contribution in [0.1, 0.15) is 15.9 Å². The van der Waals surface area contributed by atoms with E-state index in [0.29, 0.717) is 33.4 Å². The second-order valence-electron chi connectivity index (χ2n) is 8.08. The van der Waals surface area contributed by atoms with Crippen LogP contribution in [0.3, 0.4) is 0 Å². The lowest BCUT2D eigenvalue weighted by Gasteiger charge is -2.20. The lowest BCUT2D eigenvalue weighted by atomic mass is 9.92. The molecule has 4 N–H and O–H groups in total. The number of hydrogen-bond acceptors (Lipinski definition) is 5. The molecule has 2 aromatic heterocycles. The van der Waals surface area contributed by atoms with Gasteiger partial charge in [0.05, 0.1) is 5.52 Å². The largest absolute Gasteiger partial charge is 0.366 e. The number of nitrogens with two attached hydrogens (primary N) is 1. The van der Waals surface area contributed by atoms with Crippen LogP contribution in [0.15, 0.2) is 91.4 Å². The van der Waals surface area contributed by atoms with E-state index in [-0.39, 0.29) is 5.82 Å². The van der Waals surface area contributed by atoms with E-state index in [4.69, 9.17) is 5.73 Å². The van der Waals surface area contributed by atoms with Gasteiger partial charge in [-0.25, -0.2) is 4.39 Å². The number of carbonyl (C=O) groups is 1. The van der Waals surface area contributed by atoms with Crippen molar-refractivity contribution in [3.63, 3.8) is 0 Å². The zero-order chi connectivity index (χ0) is 24.4. The van der Waals surface area contributed by atoms with Crippen molar-refractivity contribution in [3.8, 4) is 11.1 Å². The van der Waals surface area contributed by atoms with Crippen molar-refractivity contribution in [1.82, 2.24) is 9.97 Å². The third-order valence-electron chi connectivity index (χ3n) is 5.87. The van der Waals surface area contributed by atoms with E-state index in [9.17, 15) is 9.18 Å². The topological polar surface area (TPSA) is 92.9 Å². The van der Waals surface area contributed by atoms with Crippen LogP contribution in [0.25, 0.3) is 22.0 Å². The molecule has 0 aliphatic rings. The van der Waals surface area contributed by atoms with E-state index < -0.39 is 5.91 Å². The number of rotatable bonds is 6. The Bertz CT molecular complexity index is 1550. The number of nitrogens with zero attached hydrogens (tertiary/aromatic N) is 2. The van der Waals surface area contributed by atoms with Crippen molar-refractivity contribution in [1.29, 1.82) is 0 Å². The molecule has 0 fully saturated rings. The number of pyridine rings is 2. The summed E-state index contributed by atoms with van der Waals surface area (Å²) in [5, 5.41) is 7.43. The van der Waals surface area contributed by atoms with E-state index in [0.717, 1.165) is 22.5 Å². The third-order valence-corrected chi connectivity index (χ3v) is 5.87. The van der Waals surface area contributed by atoms with Crippen molar-refractivity contribution in [2.24, 2.45) is 5.73 Å². The monoisotopic (exact) mass is 463 g/mol. The number of halogens is 1. The van der Waals surface area contributed by atoms with Crippen LogP contribution in [0.2, 0.25) is 0 Å². The predicted molar refractivity (Wildman–Crippen MR) is 138 cm³/mol. The summed E-state index contributed by atoms with van der Waals surface area (Å²) in [4.78, 5) is 20.8. The van der Waals surface area contributed by atoms with Crippen LogP contribution in [-0.4, -0.2) is 15.9 Å². The standard InChI is InChI=1S/C28H22FN5O/c1-17-20(4-2-6-23(17)33-19-10-13-31-14-11-19)27-21(28(30)35)5-3-7-26(27)34-25-12-15-32-24-9-8-18(29)16-22(24)25/h2-16H,1H3,(H2,30,35)(H,31,33)(H,32,34). The minimum Gasteiger partial charge on any atom is -0.366 e. The molecular formula is C28H22FN5O. The molecule has 5 aromatic rings. The third kappa shape index (κ3) is 4.39. The summed E-state index contributed by atoms with van der Waals surface area (Å²) in [5.41, 5.74) is 12.4. The van der Waals surface area contributed by atoms with Crippen LogP contribution >= 0.6 is 0 Å². The molecule has 35 heavy (non-hydrogen) atoms. The number of hydrogen-bond donors (Lipinski definition) is 3. The molecule has 0 radical (unpaired) electrons. The van der Waals surface area contributed by atoms with E-state index >= 15 is 0 Å². The Morgan fingerprint density at radius 1 is 0.857 bits per heavy atom. The maximum Gasteiger partial charge on any atom is 0.249 e. The van der Waals surface area contributed by atoms with Crippen LogP contribution < -0.4 is 16.4 Å². The predicted octanol–water partition coefficient (Wildman–Crippen LogP) is 6.33. The lowest BCUT2D eigenvalue weighted by molar-refractivity contribution is 0.100. The molecule has 0 aliphatic heterocycles. The number of amides is 1. The highest BCUT2D eigenvalue weighted by Crippen LogP contribution is 2.39. The number of aromatic nitrogens is 2. The van der Waals surface area contributed by atoms with E-state index in [2.05, 4.69) is 20.6 Å². The van der Waals surface area contributed by atoms with Crippen molar-refractivity contribution in [2.45, 2.75) is 6.92 Å². The van der Waals surface area contributed by atoms with E-state index in [1.165, 1.54) is 12.1 Å². The molecule has 0 spiro atoms. The molecule has 2 heterocycles. The number of carbonyl (C=O) groups excluding carboxylic acids is 1. The van der Waals surface area contributed by atoms with Gasteiger partial charge in [-0.1, -0.05) is 18.2 Å². The summed E-state index contributed by atoms with van der Waals surface area (Å²) in [7, 11) is 0. The summed E-state index contributed by atoms with van der Waals surface area (Å²) >= 11 is 0. The fourth-order valence-electron chi connectivity index (χ4n) is 4.16. The Morgan fingerprint density at radius 2 is 1.63 bits per heavy atom. The van der Waals surface area contributed by atoms with E-state index in [1.807, 2.05) is 43.3 Å². The fraction of sp³-hybridized carbons (Fsp3) is 0.0357. The average molecular weight is 464 g/mol. The number of nitrogens with one attached hydrogen (secondary N) is 2. The Morgan fingerprint density at radius 3 is 2.43 bits per heavy atom. The molecule has 0 unspecified atom stereocenters.